The molecule has 2 fully saturated rings. The molecule has 0 N–H and O–H groups in total. The Balaban J connectivity index is 1.83. The van der Waals surface area contributed by atoms with Crippen LogP contribution in [0, 0.1) is 0 Å². The molecule has 2 amide bonds. The molecule has 0 aromatic heterocycles. The Morgan fingerprint density at radius 2 is 2.00 bits per heavy atom. The standard InChI is InChI=1S/C15H19ClN2O/c1-11(12-4-6-13(16)7-5-12)17-10-15(2)8-3-9-18(15)14(17)19/h4-7,11H,3,8-10H2,1-2H3. The zero-order valence-electron chi connectivity index (χ0n) is 11.4. The number of urea groups is 1. The lowest BCUT2D eigenvalue weighted by atomic mass is 9.99. The van der Waals surface area contributed by atoms with E-state index < -0.39 is 0 Å². The Kier molecular flexibility index (Phi) is 2.97. The molecular formula is C15H19ClN2O. The number of rotatable bonds is 2. The quantitative estimate of drug-likeness (QED) is 0.809. The number of carbonyl (C=O) groups is 1. The molecule has 3 rings (SSSR count). The summed E-state index contributed by atoms with van der Waals surface area (Å²) in [7, 11) is 0. The molecule has 0 radical (unpaired) electrons. The average Bonchev–Trinajstić information content (AvgIpc) is 2.87. The van der Waals surface area contributed by atoms with E-state index in [4.69, 9.17) is 11.6 Å². The largest absolute Gasteiger partial charge is 0.321 e. The van der Waals surface area contributed by atoms with Gasteiger partial charge in [-0.1, -0.05) is 23.7 Å². The molecule has 2 heterocycles. The second-order valence-corrected chi connectivity index (χ2v) is 6.33. The van der Waals surface area contributed by atoms with Crippen LogP contribution in [0.2, 0.25) is 5.02 Å². The van der Waals surface area contributed by atoms with Crippen LogP contribution in [0.25, 0.3) is 0 Å². The van der Waals surface area contributed by atoms with Crippen LogP contribution in [0.1, 0.15) is 38.3 Å². The van der Waals surface area contributed by atoms with Crippen LogP contribution in [0.4, 0.5) is 4.79 Å². The van der Waals surface area contributed by atoms with Gasteiger partial charge in [0.1, 0.15) is 0 Å². The first-order valence-electron chi connectivity index (χ1n) is 6.85. The van der Waals surface area contributed by atoms with E-state index in [9.17, 15) is 4.79 Å². The van der Waals surface area contributed by atoms with Gasteiger partial charge in [-0.2, -0.15) is 0 Å². The molecule has 1 aromatic rings. The molecule has 102 valence electrons. The van der Waals surface area contributed by atoms with Crippen LogP contribution >= 0.6 is 11.6 Å². The highest BCUT2D eigenvalue weighted by molar-refractivity contribution is 6.30. The minimum absolute atomic E-state index is 0.0395. The van der Waals surface area contributed by atoms with Crippen molar-refractivity contribution in [3.63, 3.8) is 0 Å². The number of amides is 2. The Hall–Kier alpha value is -1.22. The fourth-order valence-corrected chi connectivity index (χ4v) is 3.45. The lowest BCUT2D eigenvalue weighted by molar-refractivity contribution is 0.178. The van der Waals surface area contributed by atoms with Crippen molar-refractivity contribution in [2.75, 3.05) is 13.1 Å². The first-order valence-corrected chi connectivity index (χ1v) is 7.23. The van der Waals surface area contributed by atoms with E-state index in [-0.39, 0.29) is 17.6 Å². The fraction of sp³-hybridized carbons (Fsp3) is 0.533. The summed E-state index contributed by atoms with van der Waals surface area (Å²) < 4.78 is 0. The first-order chi connectivity index (χ1) is 9.01. The predicted octanol–water partition coefficient (Wildman–Crippen LogP) is 3.69. The molecule has 2 atom stereocenters. The third-order valence-electron chi connectivity index (χ3n) is 4.56. The summed E-state index contributed by atoms with van der Waals surface area (Å²) in [5.74, 6) is 0. The van der Waals surface area contributed by atoms with Crippen molar-refractivity contribution in [2.45, 2.75) is 38.3 Å². The summed E-state index contributed by atoms with van der Waals surface area (Å²) >= 11 is 5.92. The molecule has 3 nitrogen and oxygen atoms in total. The Bertz CT molecular complexity index is 501. The lowest BCUT2D eigenvalue weighted by Gasteiger charge is -2.26. The third-order valence-corrected chi connectivity index (χ3v) is 4.81. The van der Waals surface area contributed by atoms with Crippen LogP contribution in [0.3, 0.4) is 0 Å². The van der Waals surface area contributed by atoms with E-state index in [2.05, 4.69) is 13.8 Å². The molecular weight excluding hydrogens is 260 g/mol. The molecule has 0 saturated carbocycles. The highest BCUT2D eigenvalue weighted by Gasteiger charge is 2.50. The predicted molar refractivity (Wildman–Crippen MR) is 76.3 cm³/mol. The fourth-order valence-electron chi connectivity index (χ4n) is 3.33. The normalized spacial score (nSPS) is 27.8. The number of benzene rings is 1. The molecule has 0 spiro atoms. The number of nitrogens with zero attached hydrogens (tertiary/aromatic N) is 2. The Labute approximate surface area is 119 Å². The van der Waals surface area contributed by atoms with Gasteiger partial charge in [-0.3, -0.25) is 0 Å². The van der Waals surface area contributed by atoms with Crippen LogP contribution in [0.5, 0.6) is 0 Å². The highest BCUT2D eigenvalue weighted by Crippen LogP contribution is 2.39. The van der Waals surface area contributed by atoms with E-state index in [1.54, 1.807) is 0 Å². The second kappa shape index (κ2) is 4.41. The lowest BCUT2D eigenvalue weighted by Crippen LogP contribution is -2.38. The molecule has 2 aliphatic heterocycles. The van der Waals surface area contributed by atoms with Crippen LogP contribution in [0.15, 0.2) is 24.3 Å². The topological polar surface area (TPSA) is 23.6 Å². The average molecular weight is 279 g/mol. The number of hydrogen-bond donors (Lipinski definition) is 0. The molecule has 0 bridgehead atoms. The van der Waals surface area contributed by atoms with Crippen molar-refractivity contribution in [2.24, 2.45) is 0 Å². The van der Waals surface area contributed by atoms with Gasteiger partial charge in [0.25, 0.3) is 0 Å². The van der Waals surface area contributed by atoms with Crippen LogP contribution in [-0.4, -0.2) is 34.5 Å². The number of fused-ring (bicyclic) bond motifs is 1. The maximum Gasteiger partial charge on any atom is 0.321 e. The van der Waals surface area contributed by atoms with E-state index >= 15 is 0 Å². The number of carbonyl (C=O) groups excluding carboxylic acids is 1. The van der Waals surface area contributed by atoms with Gasteiger partial charge < -0.3 is 9.80 Å². The zero-order chi connectivity index (χ0) is 13.6. The van der Waals surface area contributed by atoms with Gasteiger partial charge in [0.15, 0.2) is 0 Å². The molecule has 19 heavy (non-hydrogen) atoms. The van der Waals surface area contributed by atoms with Gasteiger partial charge in [-0.05, 0) is 44.4 Å². The summed E-state index contributed by atoms with van der Waals surface area (Å²) in [6.45, 7) is 6.02. The number of halogens is 1. The van der Waals surface area contributed by atoms with E-state index in [1.807, 2.05) is 34.1 Å². The monoisotopic (exact) mass is 278 g/mol. The van der Waals surface area contributed by atoms with Gasteiger partial charge in [-0.15, -0.1) is 0 Å². The summed E-state index contributed by atoms with van der Waals surface area (Å²) in [5, 5.41) is 0.733. The molecule has 1 aromatic carbocycles. The Morgan fingerprint density at radius 3 is 2.63 bits per heavy atom. The Morgan fingerprint density at radius 1 is 1.32 bits per heavy atom. The smallest absolute Gasteiger partial charge is 0.317 e. The van der Waals surface area contributed by atoms with Crippen molar-refractivity contribution in [3.8, 4) is 0 Å². The van der Waals surface area contributed by atoms with Gasteiger partial charge in [-0.25, -0.2) is 4.79 Å². The SMILES string of the molecule is CC(c1ccc(Cl)cc1)N1CC2(C)CCCN2C1=O. The minimum atomic E-state index is 0.0395. The van der Waals surface area contributed by atoms with Crippen molar-refractivity contribution < 1.29 is 4.79 Å². The summed E-state index contributed by atoms with van der Waals surface area (Å²) in [5.41, 5.74) is 1.18. The van der Waals surface area contributed by atoms with Gasteiger partial charge in [0, 0.05) is 18.1 Å². The van der Waals surface area contributed by atoms with Crippen molar-refractivity contribution in [3.05, 3.63) is 34.9 Å². The zero-order valence-corrected chi connectivity index (χ0v) is 12.2. The molecule has 2 saturated heterocycles. The molecule has 2 unspecified atom stereocenters. The molecule has 2 aliphatic rings. The maximum atomic E-state index is 12.5. The second-order valence-electron chi connectivity index (χ2n) is 5.89. The van der Waals surface area contributed by atoms with E-state index in [0.717, 1.165) is 36.5 Å². The number of hydrogen-bond acceptors (Lipinski definition) is 1. The summed E-state index contributed by atoms with van der Waals surface area (Å²) in [6.07, 6.45) is 2.24. The minimum Gasteiger partial charge on any atom is -0.317 e. The van der Waals surface area contributed by atoms with E-state index in [0.29, 0.717) is 0 Å². The third kappa shape index (κ3) is 2.00. The van der Waals surface area contributed by atoms with Gasteiger partial charge in [0.2, 0.25) is 0 Å². The molecule has 4 heteroatoms. The summed E-state index contributed by atoms with van der Waals surface area (Å²) in [4.78, 5) is 16.5. The summed E-state index contributed by atoms with van der Waals surface area (Å²) in [6, 6.07) is 8.07. The highest BCUT2D eigenvalue weighted by atomic mass is 35.5. The van der Waals surface area contributed by atoms with Crippen LogP contribution in [-0.2, 0) is 0 Å². The van der Waals surface area contributed by atoms with Crippen molar-refractivity contribution >= 4 is 17.6 Å². The van der Waals surface area contributed by atoms with Crippen molar-refractivity contribution in [1.29, 1.82) is 0 Å². The first kappa shape index (κ1) is 12.8. The van der Waals surface area contributed by atoms with Crippen molar-refractivity contribution in [1.82, 2.24) is 9.80 Å². The van der Waals surface area contributed by atoms with E-state index in [1.165, 1.54) is 0 Å². The molecule has 0 aliphatic carbocycles. The van der Waals surface area contributed by atoms with Gasteiger partial charge >= 0.3 is 6.03 Å². The van der Waals surface area contributed by atoms with Gasteiger partial charge in [0.05, 0.1) is 11.6 Å². The maximum absolute atomic E-state index is 12.5. The van der Waals surface area contributed by atoms with Crippen LogP contribution < -0.4 is 0 Å².